The van der Waals surface area contributed by atoms with E-state index < -0.39 is 0 Å². The summed E-state index contributed by atoms with van der Waals surface area (Å²) in [5.41, 5.74) is 0. The summed E-state index contributed by atoms with van der Waals surface area (Å²) in [4.78, 5) is 0. The summed E-state index contributed by atoms with van der Waals surface area (Å²) in [6, 6.07) is 0. The third-order valence-corrected chi connectivity index (χ3v) is 2.67. The molecule has 0 saturated heterocycles. The Morgan fingerprint density at radius 2 is 0.792 bits per heavy atom. The molecule has 0 fully saturated rings. The first kappa shape index (κ1) is 23.5. The predicted molar refractivity (Wildman–Crippen MR) is 91.6 cm³/mol. The Kier molecular flexibility index (Phi) is 22.0. The monoisotopic (exact) mass is 350 g/mol. The fourth-order valence-electron chi connectivity index (χ4n) is 1.53. The number of ether oxygens (including phenoxy) is 7. The van der Waals surface area contributed by atoms with Crippen LogP contribution in [0, 0.1) is 0 Å². The fourth-order valence-corrected chi connectivity index (χ4v) is 1.53. The Balaban J connectivity index is 2.94. The molecule has 0 aromatic carbocycles. The number of rotatable bonds is 21. The van der Waals surface area contributed by atoms with Crippen LogP contribution in [0.25, 0.3) is 0 Å². The topological polar surface area (TPSA) is 64.6 Å². The van der Waals surface area contributed by atoms with Gasteiger partial charge in [-0.2, -0.15) is 0 Å². The molecule has 144 valence electrons. The zero-order chi connectivity index (χ0) is 17.6. The number of hydrogen-bond donors (Lipinski definition) is 0. The maximum absolute atomic E-state index is 5.38. The van der Waals surface area contributed by atoms with Crippen molar-refractivity contribution in [1.82, 2.24) is 0 Å². The van der Waals surface area contributed by atoms with E-state index in [0.717, 1.165) is 6.61 Å². The SMILES string of the molecule is C=CCOCCOCCOCCOCCOCCOCCOCC. The van der Waals surface area contributed by atoms with Crippen LogP contribution >= 0.6 is 0 Å². The molecule has 7 heteroatoms. The molecule has 0 atom stereocenters. The molecule has 0 aliphatic carbocycles. The quantitative estimate of drug-likeness (QED) is 0.228. The van der Waals surface area contributed by atoms with Gasteiger partial charge in [-0.3, -0.25) is 0 Å². The summed E-state index contributed by atoms with van der Waals surface area (Å²) >= 11 is 0. The first-order valence-corrected chi connectivity index (χ1v) is 8.57. The molecule has 0 rings (SSSR count). The normalized spacial score (nSPS) is 11.0. The van der Waals surface area contributed by atoms with Crippen molar-refractivity contribution in [2.45, 2.75) is 6.92 Å². The lowest BCUT2D eigenvalue weighted by atomic mass is 10.6. The summed E-state index contributed by atoms with van der Waals surface area (Å²) in [6.07, 6.45) is 1.71. The molecular formula is C17H34O7. The second kappa shape index (κ2) is 22.5. The van der Waals surface area contributed by atoms with E-state index in [0.29, 0.717) is 85.9 Å². The molecule has 0 aromatic heterocycles. The maximum Gasteiger partial charge on any atom is 0.0704 e. The van der Waals surface area contributed by atoms with Crippen molar-refractivity contribution >= 4 is 0 Å². The zero-order valence-corrected chi connectivity index (χ0v) is 15.0. The van der Waals surface area contributed by atoms with E-state index in [1.807, 2.05) is 6.92 Å². The molecule has 0 aromatic rings. The van der Waals surface area contributed by atoms with Crippen LogP contribution in [-0.2, 0) is 33.2 Å². The van der Waals surface area contributed by atoms with E-state index in [4.69, 9.17) is 33.2 Å². The summed E-state index contributed by atoms with van der Waals surface area (Å²) in [7, 11) is 0. The Morgan fingerprint density at radius 3 is 1.08 bits per heavy atom. The van der Waals surface area contributed by atoms with E-state index in [1.54, 1.807) is 6.08 Å². The van der Waals surface area contributed by atoms with Crippen molar-refractivity contribution in [2.24, 2.45) is 0 Å². The molecule has 0 N–H and O–H groups in total. The van der Waals surface area contributed by atoms with Crippen LogP contribution in [0.5, 0.6) is 0 Å². The van der Waals surface area contributed by atoms with Gasteiger partial charge in [0.25, 0.3) is 0 Å². The van der Waals surface area contributed by atoms with E-state index >= 15 is 0 Å². The molecule has 0 amide bonds. The van der Waals surface area contributed by atoms with Crippen LogP contribution in [0.1, 0.15) is 6.92 Å². The lowest BCUT2D eigenvalue weighted by Crippen LogP contribution is -2.14. The van der Waals surface area contributed by atoms with Gasteiger partial charge in [0.2, 0.25) is 0 Å². The van der Waals surface area contributed by atoms with Crippen LogP contribution in [0.3, 0.4) is 0 Å². The summed E-state index contributed by atoms with van der Waals surface area (Å²) in [6.45, 7) is 13.7. The highest BCUT2D eigenvalue weighted by Gasteiger charge is 1.94. The fraction of sp³-hybridized carbons (Fsp3) is 0.882. The van der Waals surface area contributed by atoms with Crippen molar-refractivity contribution in [3.8, 4) is 0 Å². The van der Waals surface area contributed by atoms with Crippen LogP contribution < -0.4 is 0 Å². The van der Waals surface area contributed by atoms with Crippen LogP contribution in [-0.4, -0.2) is 92.5 Å². The van der Waals surface area contributed by atoms with Crippen molar-refractivity contribution in [2.75, 3.05) is 92.5 Å². The van der Waals surface area contributed by atoms with Crippen molar-refractivity contribution in [3.05, 3.63) is 12.7 Å². The molecule has 0 spiro atoms. The van der Waals surface area contributed by atoms with E-state index in [9.17, 15) is 0 Å². The van der Waals surface area contributed by atoms with E-state index in [1.165, 1.54) is 0 Å². The van der Waals surface area contributed by atoms with E-state index in [2.05, 4.69) is 6.58 Å². The van der Waals surface area contributed by atoms with Gasteiger partial charge in [-0.25, -0.2) is 0 Å². The molecule has 0 aliphatic heterocycles. The van der Waals surface area contributed by atoms with Gasteiger partial charge < -0.3 is 33.2 Å². The minimum atomic E-state index is 0.552. The molecule has 7 nitrogen and oxygen atoms in total. The van der Waals surface area contributed by atoms with Gasteiger partial charge in [0.05, 0.1) is 85.9 Å². The highest BCUT2D eigenvalue weighted by molar-refractivity contribution is 4.63. The van der Waals surface area contributed by atoms with Gasteiger partial charge in [-0.1, -0.05) is 6.08 Å². The zero-order valence-electron chi connectivity index (χ0n) is 15.0. The molecule has 0 heterocycles. The summed E-state index contributed by atoms with van der Waals surface area (Å²) in [5.74, 6) is 0. The maximum atomic E-state index is 5.38. The Bertz CT molecular complexity index is 239. The second-order valence-electron chi connectivity index (χ2n) is 4.62. The van der Waals surface area contributed by atoms with Crippen molar-refractivity contribution in [3.63, 3.8) is 0 Å². The summed E-state index contributed by atoms with van der Waals surface area (Å²) < 4.78 is 37.1. The average molecular weight is 350 g/mol. The standard InChI is InChI=1S/C17H34O7/c1-3-5-19-8-9-21-12-13-23-16-17-24-15-14-22-11-10-20-7-6-18-4-2/h3H,1,4-17H2,2H3. The minimum Gasteiger partial charge on any atom is -0.379 e. The van der Waals surface area contributed by atoms with Crippen molar-refractivity contribution < 1.29 is 33.2 Å². The molecule has 0 unspecified atom stereocenters. The van der Waals surface area contributed by atoms with Gasteiger partial charge in [0.15, 0.2) is 0 Å². The van der Waals surface area contributed by atoms with Crippen molar-refractivity contribution in [1.29, 1.82) is 0 Å². The third kappa shape index (κ3) is 21.5. The van der Waals surface area contributed by atoms with Gasteiger partial charge in [0, 0.05) is 6.61 Å². The van der Waals surface area contributed by atoms with Gasteiger partial charge >= 0.3 is 0 Å². The molecule has 0 aliphatic rings. The Hall–Kier alpha value is -0.540. The second-order valence-corrected chi connectivity index (χ2v) is 4.62. The van der Waals surface area contributed by atoms with Crippen LogP contribution in [0.4, 0.5) is 0 Å². The van der Waals surface area contributed by atoms with Gasteiger partial charge in [-0.05, 0) is 6.92 Å². The Morgan fingerprint density at radius 1 is 0.500 bits per heavy atom. The first-order chi connectivity index (χ1) is 11.9. The lowest BCUT2D eigenvalue weighted by molar-refractivity contribution is -0.0193. The highest BCUT2D eigenvalue weighted by Crippen LogP contribution is 1.85. The number of hydrogen-bond acceptors (Lipinski definition) is 7. The molecule has 0 saturated carbocycles. The lowest BCUT2D eigenvalue weighted by Gasteiger charge is -2.08. The summed E-state index contributed by atoms with van der Waals surface area (Å²) in [5, 5.41) is 0. The average Bonchev–Trinajstić information content (AvgIpc) is 2.60. The Labute approximate surface area is 146 Å². The van der Waals surface area contributed by atoms with E-state index in [-0.39, 0.29) is 0 Å². The van der Waals surface area contributed by atoms with Gasteiger partial charge in [0.1, 0.15) is 0 Å². The molecule has 0 bridgehead atoms. The smallest absolute Gasteiger partial charge is 0.0704 e. The highest BCUT2D eigenvalue weighted by atomic mass is 16.6. The van der Waals surface area contributed by atoms with Crippen LogP contribution in [0.2, 0.25) is 0 Å². The first-order valence-electron chi connectivity index (χ1n) is 8.57. The minimum absolute atomic E-state index is 0.552. The molecule has 24 heavy (non-hydrogen) atoms. The largest absolute Gasteiger partial charge is 0.379 e. The predicted octanol–water partition coefficient (Wildman–Crippen LogP) is 1.31. The molecule has 0 radical (unpaired) electrons. The van der Waals surface area contributed by atoms with Gasteiger partial charge in [-0.15, -0.1) is 6.58 Å². The molecular weight excluding hydrogens is 316 g/mol. The third-order valence-electron chi connectivity index (χ3n) is 2.67. The van der Waals surface area contributed by atoms with Crippen LogP contribution in [0.15, 0.2) is 12.7 Å².